The zero-order chi connectivity index (χ0) is 20.2. The van der Waals surface area contributed by atoms with Crippen molar-refractivity contribution >= 4 is 17.5 Å². The Balaban J connectivity index is 1.66. The Kier molecular flexibility index (Phi) is 5.37. The summed E-state index contributed by atoms with van der Waals surface area (Å²) < 4.78 is 3.40. The van der Waals surface area contributed by atoms with E-state index < -0.39 is 5.91 Å². The van der Waals surface area contributed by atoms with Gasteiger partial charge in [-0.3, -0.25) is 19.0 Å². The molecule has 0 fully saturated rings. The summed E-state index contributed by atoms with van der Waals surface area (Å²) in [6, 6.07) is 5.26. The van der Waals surface area contributed by atoms with Crippen molar-refractivity contribution in [3.8, 4) is 11.3 Å². The Hall–Kier alpha value is -3.49. The lowest BCUT2D eigenvalue weighted by Crippen LogP contribution is -2.26. The van der Waals surface area contributed by atoms with Gasteiger partial charge in [0.1, 0.15) is 5.69 Å². The molecule has 3 aromatic heterocycles. The van der Waals surface area contributed by atoms with Gasteiger partial charge in [0.25, 0.3) is 11.8 Å². The van der Waals surface area contributed by atoms with Crippen LogP contribution in [0, 0.1) is 0 Å². The summed E-state index contributed by atoms with van der Waals surface area (Å²) in [5.74, 6) is -0.700. The minimum Gasteiger partial charge on any atom is -0.351 e. The summed E-state index contributed by atoms with van der Waals surface area (Å²) in [4.78, 5) is 29.7. The van der Waals surface area contributed by atoms with Gasteiger partial charge in [0.05, 0.1) is 17.6 Å². The van der Waals surface area contributed by atoms with Crippen LogP contribution in [0.3, 0.4) is 0 Å². The number of rotatable bonds is 0. The van der Waals surface area contributed by atoms with E-state index in [2.05, 4.69) is 25.8 Å². The number of aromatic nitrogens is 5. The van der Waals surface area contributed by atoms with Gasteiger partial charge in [-0.2, -0.15) is 10.2 Å². The van der Waals surface area contributed by atoms with E-state index in [0.717, 1.165) is 37.8 Å². The average Bonchev–Trinajstić information content (AvgIpc) is 3.33. The summed E-state index contributed by atoms with van der Waals surface area (Å²) in [7, 11) is 1.71. The lowest BCUT2D eigenvalue weighted by atomic mass is 10.2. The van der Waals surface area contributed by atoms with Crippen LogP contribution in [0.5, 0.6) is 0 Å². The van der Waals surface area contributed by atoms with Crippen molar-refractivity contribution in [2.24, 2.45) is 7.05 Å². The number of hydrogen-bond donors (Lipinski definition) is 2. The van der Waals surface area contributed by atoms with Crippen molar-refractivity contribution in [3.63, 3.8) is 0 Å². The Morgan fingerprint density at radius 2 is 1.83 bits per heavy atom. The Morgan fingerprint density at radius 1 is 1.00 bits per heavy atom. The van der Waals surface area contributed by atoms with Gasteiger partial charge in [0, 0.05) is 38.1 Å². The van der Waals surface area contributed by atoms with Crippen molar-refractivity contribution in [1.29, 1.82) is 0 Å². The Bertz CT molecular complexity index is 1040. The fraction of sp³-hybridized carbons (Fsp3) is 0.350. The fourth-order valence-electron chi connectivity index (χ4n) is 3.31. The van der Waals surface area contributed by atoms with Crippen LogP contribution in [0.15, 0.2) is 36.8 Å². The van der Waals surface area contributed by atoms with Gasteiger partial charge in [-0.1, -0.05) is 18.9 Å². The standard InChI is InChI=1S/C20H23N7O2/c1-26-13-17-18(25-26)20(29)21-9-4-2-3-5-10-27-12-14(11-22-27)15-7-6-8-16(23-15)19(28)24-17/h6-8,11-13H,2-5,9-10H2,1H3,(H,21,29)(H,24,28). The van der Waals surface area contributed by atoms with Crippen molar-refractivity contribution in [1.82, 2.24) is 29.9 Å². The van der Waals surface area contributed by atoms with E-state index in [-0.39, 0.29) is 17.3 Å². The predicted octanol–water partition coefficient (Wildman–Crippen LogP) is 2.23. The largest absolute Gasteiger partial charge is 0.351 e. The molecule has 0 aromatic carbocycles. The molecule has 4 rings (SSSR count). The minimum absolute atomic E-state index is 0.194. The molecule has 0 saturated heterocycles. The molecule has 29 heavy (non-hydrogen) atoms. The van der Waals surface area contributed by atoms with Crippen molar-refractivity contribution in [2.45, 2.75) is 32.2 Å². The number of pyridine rings is 1. The molecule has 9 heteroatoms. The summed E-state index contributed by atoms with van der Waals surface area (Å²) >= 11 is 0. The molecular formula is C20H23N7O2. The van der Waals surface area contributed by atoms with Gasteiger partial charge >= 0.3 is 0 Å². The number of aryl methyl sites for hydroxylation is 2. The van der Waals surface area contributed by atoms with Gasteiger partial charge in [-0.15, -0.1) is 0 Å². The summed E-state index contributed by atoms with van der Waals surface area (Å²) in [6.07, 6.45) is 9.30. The molecule has 2 amide bonds. The number of carbonyl (C=O) groups is 2. The SMILES string of the molecule is Cn1cc2c(n1)C(=O)NCCCCCCn1cc(cn1)-c1cccc(n1)C(=O)N2. The highest BCUT2D eigenvalue weighted by Crippen LogP contribution is 2.19. The zero-order valence-corrected chi connectivity index (χ0v) is 16.3. The molecule has 1 aliphatic heterocycles. The monoisotopic (exact) mass is 393 g/mol. The second-order valence-electron chi connectivity index (χ2n) is 7.09. The topological polar surface area (TPSA) is 107 Å². The Labute approximate surface area is 168 Å². The molecule has 4 heterocycles. The smallest absolute Gasteiger partial charge is 0.274 e. The zero-order valence-electron chi connectivity index (χ0n) is 16.3. The number of hydrogen-bond acceptors (Lipinski definition) is 5. The van der Waals surface area contributed by atoms with Crippen LogP contribution < -0.4 is 10.6 Å². The van der Waals surface area contributed by atoms with E-state index >= 15 is 0 Å². The number of nitrogens with one attached hydrogen (secondary N) is 2. The maximum atomic E-state index is 12.7. The molecule has 0 unspecified atom stereocenters. The first-order valence-electron chi connectivity index (χ1n) is 9.73. The molecule has 9 nitrogen and oxygen atoms in total. The van der Waals surface area contributed by atoms with E-state index in [1.54, 1.807) is 31.6 Å². The molecule has 0 aliphatic carbocycles. The second kappa shape index (κ2) is 8.26. The second-order valence-corrected chi connectivity index (χ2v) is 7.09. The normalized spacial score (nSPS) is 15.6. The van der Waals surface area contributed by atoms with Gasteiger partial charge in [-0.05, 0) is 25.0 Å². The van der Waals surface area contributed by atoms with E-state index in [1.165, 1.54) is 4.68 Å². The number of amides is 2. The molecule has 150 valence electrons. The molecule has 0 radical (unpaired) electrons. The highest BCUT2D eigenvalue weighted by molar-refractivity contribution is 6.07. The first-order chi connectivity index (χ1) is 14.1. The molecular weight excluding hydrogens is 370 g/mol. The summed E-state index contributed by atoms with van der Waals surface area (Å²) in [5.41, 5.74) is 2.35. The number of fused-ring (bicyclic) bond motifs is 6. The van der Waals surface area contributed by atoms with Crippen LogP contribution in [-0.4, -0.2) is 42.9 Å². The van der Waals surface area contributed by atoms with Crippen molar-refractivity contribution < 1.29 is 9.59 Å². The van der Waals surface area contributed by atoms with Crippen LogP contribution in [0.2, 0.25) is 0 Å². The first-order valence-corrected chi connectivity index (χ1v) is 9.73. The minimum atomic E-state index is -0.401. The lowest BCUT2D eigenvalue weighted by molar-refractivity contribution is 0.0948. The molecule has 1 aliphatic rings. The predicted molar refractivity (Wildman–Crippen MR) is 107 cm³/mol. The van der Waals surface area contributed by atoms with Crippen molar-refractivity contribution in [2.75, 3.05) is 11.9 Å². The number of carbonyl (C=O) groups excluding carboxylic acids is 2. The lowest BCUT2D eigenvalue weighted by Gasteiger charge is -2.08. The van der Waals surface area contributed by atoms with Gasteiger partial charge in [0.15, 0.2) is 5.69 Å². The summed E-state index contributed by atoms with van der Waals surface area (Å²) in [6.45, 7) is 1.39. The number of anilines is 1. The van der Waals surface area contributed by atoms with E-state index in [0.29, 0.717) is 17.9 Å². The van der Waals surface area contributed by atoms with E-state index in [9.17, 15) is 9.59 Å². The van der Waals surface area contributed by atoms with Crippen LogP contribution in [0.1, 0.15) is 46.7 Å². The molecule has 0 spiro atoms. The molecule has 4 bridgehead atoms. The third-order valence-electron chi connectivity index (χ3n) is 4.80. The Morgan fingerprint density at radius 3 is 2.72 bits per heavy atom. The van der Waals surface area contributed by atoms with E-state index in [1.807, 2.05) is 16.9 Å². The molecule has 0 atom stereocenters. The average molecular weight is 393 g/mol. The third-order valence-corrected chi connectivity index (χ3v) is 4.80. The van der Waals surface area contributed by atoms with Crippen molar-refractivity contribution in [3.05, 3.63) is 48.2 Å². The van der Waals surface area contributed by atoms with E-state index in [4.69, 9.17) is 0 Å². The molecule has 2 N–H and O–H groups in total. The first kappa shape index (κ1) is 18.9. The van der Waals surface area contributed by atoms with Crippen LogP contribution in [0.25, 0.3) is 11.3 Å². The van der Waals surface area contributed by atoms with Gasteiger partial charge in [0.2, 0.25) is 0 Å². The van der Waals surface area contributed by atoms with Crippen LogP contribution in [0.4, 0.5) is 5.69 Å². The van der Waals surface area contributed by atoms with Gasteiger partial charge < -0.3 is 10.6 Å². The highest BCUT2D eigenvalue weighted by atomic mass is 16.2. The third kappa shape index (κ3) is 4.34. The summed E-state index contributed by atoms with van der Waals surface area (Å²) in [5, 5.41) is 14.2. The van der Waals surface area contributed by atoms with Crippen LogP contribution >= 0.6 is 0 Å². The number of nitrogens with zero attached hydrogens (tertiary/aromatic N) is 5. The maximum Gasteiger partial charge on any atom is 0.274 e. The van der Waals surface area contributed by atoms with Crippen LogP contribution in [-0.2, 0) is 13.6 Å². The van der Waals surface area contributed by atoms with Gasteiger partial charge in [-0.25, -0.2) is 4.98 Å². The maximum absolute atomic E-state index is 12.7. The molecule has 0 saturated carbocycles. The quantitative estimate of drug-likeness (QED) is 0.609. The molecule has 3 aromatic rings. The fourth-order valence-corrected chi connectivity index (χ4v) is 3.31. The highest BCUT2D eigenvalue weighted by Gasteiger charge is 2.19.